The molecule has 0 unspecified atom stereocenters. The third-order valence-electron chi connectivity index (χ3n) is 3.37. The zero-order valence-corrected chi connectivity index (χ0v) is 12.0. The van der Waals surface area contributed by atoms with Gasteiger partial charge >= 0.3 is 0 Å². The zero-order chi connectivity index (χ0) is 14.8. The summed E-state index contributed by atoms with van der Waals surface area (Å²) in [7, 11) is 1.84. The quantitative estimate of drug-likeness (QED) is 0.921. The Labute approximate surface area is 122 Å². The molecule has 1 aliphatic heterocycles. The molecule has 3 rings (SSSR count). The van der Waals surface area contributed by atoms with Crippen molar-refractivity contribution in [1.29, 1.82) is 0 Å². The molecule has 0 saturated heterocycles. The van der Waals surface area contributed by atoms with E-state index in [4.69, 9.17) is 9.47 Å². The first-order chi connectivity index (χ1) is 10.1. The van der Waals surface area contributed by atoms with Crippen molar-refractivity contribution in [1.82, 2.24) is 15.1 Å². The molecule has 0 atom stereocenters. The molecule has 1 N–H and O–H groups in total. The van der Waals surface area contributed by atoms with Crippen molar-refractivity contribution in [2.45, 2.75) is 19.9 Å². The van der Waals surface area contributed by atoms with Crippen LogP contribution in [0.2, 0.25) is 0 Å². The Morgan fingerprint density at radius 3 is 2.90 bits per heavy atom. The van der Waals surface area contributed by atoms with Crippen LogP contribution in [0.3, 0.4) is 0 Å². The second-order valence-corrected chi connectivity index (χ2v) is 5.04. The number of amides is 1. The molecule has 1 aromatic heterocycles. The van der Waals surface area contributed by atoms with Gasteiger partial charge in [0.25, 0.3) is 0 Å². The average molecular weight is 287 g/mol. The van der Waals surface area contributed by atoms with Gasteiger partial charge in [0.05, 0.1) is 12.1 Å². The molecule has 0 saturated carbocycles. The van der Waals surface area contributed by atoms with Crippen LogP contribution >= 0.6 is 0 Å². The fraction of sp³-hybridized carbons (Fsp3) is 0.333. The van der Waals surface area contributed by atoms with Crippen molar-refractivity contribution < 1.29 is 14.3 Å². The van der Waals surface area contributed by atoms with Crippen LogP contribution in [0.4, 0.5) is 0 Å². The smallest absolute Gasteiger partial charge is 0.231 e. The number of hydrogen-bond donors (Lipinski definition) is 1. The third kappa shape index (κ3) is 2.99. The second-order valence-electron chi connectivity index (χ2n) is 5.04. The SMILES string of the molecule is Cc1cc(CC(=O)NCc2ccc3c(c2)OCO3)n(C)n1. The number of nitrogens with zero attached hydrogens (tertiary/aromatic N) is 2. The number of benzene rings is 1. The van der Waals surface area contributed by atoms with Gasteiger partial charge in [-0.05, 0) is 30.7 Å². The van der Waals surface area contributed by atoms with Crippen molar-refractivity contribution in [3.8, 4) is 11.5 Å². The fourth-order valence-electron chi connectivity index (χ4n) is 2.31. The van der Waals surface area contributed by atoms with Gasteiger partial charge in [-0.1, -0.05) is 6.07 Å². The van der Waals surface area contributed by atoms with Gasteiger partial charge in [-0.3, -0.25) is 9.48 Å². The summed E-state index contributed by atoms with van der Waals surface area (Å²) in [6.45, 7) is 2.63. The number of ether oxygens (including phenoxy) is 2. The molecule has 0 aliphatic carbocycles. The van der Waals surface area contributed by atoms with Gasteiger partial charge in [0.1, 0.15) is 0 Å². The number of nitrogens with one attached hydrogen (secondary N) is 1. The van der Waals surface area contributed by atoms with E-state index in [1.165, 1.54) is 0 Å². The topological polar surface area (TPSA) is 65.4 Å². The van der Waals surface area contributed by atoms with E-state index >= 15 is 0 Å². The number of aryl methyl sites for hydroxylation is 2. The minimum Gasteiger partial charge on any atom is -0.454 e. The van der Waals surface area contributed by atoms with Gasteiger partial charge in [0, 0.05) is 19.3 Å². The predicted molar refractivity (Wildman–Crippen MR) is 76.1 cm³/mol. The first kappa shape index (κ1) is 13.5. The molecule has 0 radical (unpaired) electrons. The maximum atomic E-state index is 12.0. The Kier molecular flexibility index (Phi) is 3.51. The summed E-state index contributed by atoms with van der Waals surface area (Å²) >= 11 is 0. The monoisotopic (exact) mass is 287 g/mol. The Morgan fingerprint density at radius 1 is 1.33 bits per heavy atom. The van der Waals surface area contributed by atoms with Crippen molar-refractivity contribution in [3.63, 3.8) is 0 Å². The highest BCUT2D eigenvalue weighted by Crippen LogP contribution is 2.32. The normalized spacial score (nSPS) is 12.5. The predicted octanol–water partition coefficient (Wildman–Crippen LogP) is 1.32. The highest BCUT2D eigenvalue weighted by molar-refractivity contribution is 5.78. The Balaban J connectivity index is 1.57. The molecule has 110 valence electrons. The Hall–Kier alpha value is -2.50. The lowest BCUT2D eigenvalue weighted by Crippen LogP contribution is -2.25. The van der Waals surface area contributed by atoms with Crippen LogP contribution < -0.4 is 14.8 Å². The van der Waals surface area contributed by atoms with Gasteiger partial charge in [-0.15, -0.1) is 0 Å². The minimum absolute atomic E-state index is 0.0318. The highest BCUT2D eigenvalue weighted by atomic mass is 16.7. The molecule has 6 heteroatoms. The molecule has 2 heterocycles. The van der Waals surface area contributed by atoms with E-state index in [1.54, 1.807) is 4.68 Å². The maximum Gasteiger partial charge on any atom is 0.231 e. The summed E-state index contributed by atoms with van der Waals surface area (Å²) in [5, 5.41) is 7.13. The zero-order valence-electron chi connectivity index (χ0n) is 12.0. The van der Waals surface area contributed by atoms with Gasteiger partial charge in [-0.2, -0.15) is 5.10 Å². The summed E-state index contributed by atoms with van der Waals surface area (Å²) in [4.78, 5) is 12.0. The summed E-state index contributed by atoms with van der Waals surface area (Å²) in [5.74, 6) is 1.44. The van der Waals surface area contributed by atoms with E-state index in [-0.39, 0.29) is 12.7 Å². The van der Waals surface area contributed by atoms with E-state index in [1.807, 2.05) is 38.2 Å². The lowest BCUT2D eigenvalue weighted by atomic mass is 10.2. The molecule has 0 spiro atoms. The van der Waals surface area contributed by atoms with Crippen molar-refractivity contribution in [3.05, 3.63) is 41.2 Å². The van der Waals surface area contributed by atoms with Gasteiger partial charge in [-0.25, -0.2) is 0 Å². The van der Waals surface area contributed by atoms with Crippen LogP contribution in [-0.2, 0) is 24.8 Å². The molecule has 21 heavy (non-hydrogen) atoms. The van der Waals surface area contributed by atoms with E-state index in [0.29, 0.717) is 13.0 Å². The van der Waals surface area contributed by atoms with Gasteiger partial charge < -0.3 is 14.8 Å². The van der Waals surface area contributed by atoms with E-state index < -0.39 is 0 Å². The molecule has 1 aliphatic rings. The van der Waals surface area contributed by atoms with Crippen molar-refractivity contribution >= 4 is 5.91 Å². The molecule has 6 nitrogen and oxygen atoms in total. The largest absolute Gasteiger partial charge is 0.454 e. The number of carbonyl (C=O) groups excluding carboxylic acids is 1. The fourth-order valence-corrected chi connectivity index (χ4v) is 2.31. The van der Waals surface area contributed by atoms with Crippen LogP contribution in [0.5, 0.6) is 11.5 Å². The average Bonchev–Trinajstić information content (AvgIpc) is 3.02. The summed E-state index contributed by atoms with van der Waals surface area (Å²) in [6, 6.07) is 7.58. The standard InChI is InChI=1S/C15H17N3O3/c1-10-5-12(18(2)17-10)7-15(19)16-8-11-3-4-13-14(6-11)21-9-20-13/h3-6H,7-9H2,1-2H3,(H,16,19). The van der Waals surface area contributed by atoms with Crippen LogP contribution in [0.15, 0.2) is 24.3 Å². The molecule has 2 aromatic rings. The molecule has 0 bridgehead atoms. The maximum absolute atomic E-state index is 12.0. The van der Waals surface area contributed by atoms with Crippen molar-refractivity contribution in [2.24, 2.45) is 7.05 Å². The minimum atomic E-state index is -0.0318. The van der Waals surface area contributed by atoms with Gasteiger partial charge in [0.15, 0.2) is 11.5 Å². The summed E-state index contributed by atoms with van der Waals surface area (Å²) in [6.07, 6.45) is 0.321. The van der Waals surface area contributed by atoms with E-state index in [9.17, 15) is 4.79 Å². The molecule has 1 amide bonds. The second kappa shape index (κ2) is 5.47. The first-order valence-corrected chi connectivity index (χ1v) is 6.76. The third-order valence-corrected chi connectivity index (χ3v) is 3.37. The first-order valence-electron chi connectivity index (χ1n) is 6.76. The van der Waals surface area contributed by atoms with E-state index in [0.717, 1.165) is 28.5 Å². The number of carbonyl (C=O) groups is 1. The lowest BCUT2D eigenvalue weighted by Gasteiger charge is -2.06. The van der Waals surface area contributed by atoms with Crippen LogP contribution in [-0.4, -0.2) is 22.5 Å². The lowest BCUT2D eigenvalue weighted by molar-refractivity contribution is -0.120. The Bertz CT molecular complexity index is 679. The van der Waals surface area contributed by atoms with Crippen LogP contribution in [0.1, 0.15) is 17.0 Å². The van der Waals surface area contributed by atoms with Gasteiger partial charge in [0.2, 0.25) is 12.7 Å². The molecule has 0 fully saturated rings. The number of rotatable bonds is 4. The summed E-state index contributed by atoms with van der Waals surface area (Å²) < 4.78 is 12.3. The van der Waals surface area contributed by atoms with Crippen LogP contribution in [0, 0.1) is 6.92 Å². The number of hydrogen-bond acceptors (Lipinski definition) is 4. The van der Waals surface area contributed by atoms with Crippen LogP contribution in [0.25, 0.3) is 0 Å². The molecule has 1 aromatic carbocycles. The molecular weight excluding hydrogens is 270 g/mol. The Morgan fingerprint density at radius 2 is 2.14 bits per heavy atom. The summed E-state index contributed by atoms with van der Waals surface area (Å²) in [5.41, 5.74) is 2.79. The van der Waals surface area contributed by atoms with Crippen molar-refractivity contribution in [2.75, 3.05) is 6.79 Å². The van der Waals surface area contributed by atoms with E-state index in [2.05, 4.69) is 10.4 Å². The molecular formula is C15H17N3O3. The number of fused-ring (bicyclic) bond motifs is 1. The highest BCUT2D eigenvalue weighted by Gasteiger charge is 2.14. The number of aromatic nitrogens is 2.